The van der Waals surface area contributed by atoms with Gasteiger partial charge in [-0.15, -0.1) is 0 Å². The number of para-hydroxylation sites is 1. The number of pyridine rings is 1. The van der Waals surface area contributed by atoms with Crippen LogP contribution in [-0.2, 0) is 13.3 Å². The molecule has 1 heterocycles. The average Bonchev–Trinajstić information content (AvgIpc) is 2.47. The van der Waals surface area contributed by atoms with E-state index in [1.54, 1.807) is 0 Å². The van der Waals surface area contributed by atoms with Crippen LogP contribution in [0, 0.1) is 0 Å². The monoisotopic (exact) mass is 291 g/mol. The molecule has 4 nitrogen and oxygen atoms in total. The lowest BCUT2D eigenvalue weighted by Gasteiger charge is -2.28. The van der Waals surface area contributed by atoms with Gasteiger partial charge in [-0.1, -0.05) is 18.2 Å². The zero-order valence-electron chi connectivity index (χ0n) is 12.3. The fourth-order valence-electron chi connectivity index (χ4n) is 2.18. The molecule has 5 heteroatoms. The number of fused-ring (bicyclic) bond motifs is 1. The molecule has 0 saturated heterocycles. The number of benzene rings is 1. The Hall–Kier alpha value is -1.27. The summed E-state index contributed by atoms with van der Waals surface area (Å²) in [6.45, 7) is 7.52. The fraction of sp³-hybridized carbons (Fsp3) is 0.400. The van der Waals surface area contributed by atoms with E-state index in [0.29, 0.717) is 19.8 Å². The minimum atomic E-state index is -2.85. The van der Waals surface area contributed by atoms with Crippen molar-refractivity contribution >= 4 is 24.9 Å². The molecular formula is C15H21NO3Si. The van der Waals surface area contributed by atoms with Gasteiger partial charge in [0.1, 0.15) is 0 Å². The largest absolute Gasteiger partial charge is 0.538 e. The molecule has 2 aromatic rings. The highest BCUT2D eigenvalue weighted by Crippen LogP contribution is 2.15. The van der Waals surface area contributed by atoms with Crippen LogP contribution in [0.2, 0.25) is 0 Å². The van der Waals surface area contributed by atoms with E-state index in [-0.39, 0.29) is 0 Å². The van der Waals surface area contributed by atoms with Gasteiger partial charge >= 0.3 is 8.80 Å². The maximum atomic E-state index is 5.90. The predicted octanol–water partition coefficient (Wildman–Crippen LogP) is 2.49. The molecule has 1 aromatic heterocycles. The van der Waals surface area contributed by atoms with Crippen molar-refractivity contribution in [3.63, 3.8) is 0 Å². The summed E-state index contributed by atoms with van der Waals surface area (Å²) in [5.41, 5.74) is 0.962. The van der Waals surface area contributed by atoms with Gasteiger partial charge in [0.15, 0.2) is 0 Å². The summed E-state index contributed by atoms with van der Waals surface area (Å²) in [7, 11) is -2.85. The van der Waals surface area contributed by atoms with Crippen molar-refractivity contribution in [3.05, 3.63) is 36.5 Å². The first-order chi connectivity index (χ1) is 9.75. The number of hydrogen-bond donors (Lipinski definition) is 0. The smallest absolute Gasteiger partial charge is 0.370 e. The second-order valence-electron chi connectivity index (χ2n) is 4.27. The van der Waals surface area contributed by atoms with E-state index in [1.807, 2.05) is 51.2 Å². The lowest BCUT2D eigenvalue weighted by Crippen LogP contribution is -2.57. The normalized spacial score (nSPS) is 11.9. The van der Waals surface area contributed by atoms with Crippen LogP contribution in [0.3, 0.4) is 0 Å². The molecule has 0 bridgehead atoms. The van der Waals surface area contributed by atoms with Crippen LogP contribution in [0.4, 0.5) is 0 Å². The summed E-state index contributed by atoms with van der Waals surface area (Å²) in [4.78, 5) is 4.49. The molecule has 0 amide bonds. The Balaban J connectivity index is 2.48. The third-order valence-electron chi connectivity index (χ3n) is 2.95. The van der Waals surface area contributed by atoms with Gasteiger partial charge in [-0.2, -0.15) is 0 Å². The third-order valence-corrected chi connectivity index (χ3v) is 5.93. The van der Waals surface area contributed by atoms with Gasteiger partial charge in [-0.05, 0) is 32.9 Å². The molecule has 2 rings (SSSR count). The second kappa shape index (κ2) is 6.94. The second-order valence-corrected chi connectivity index (χ2v) is 6.83. The van der Waals surface area contributed by atoms with Crippen molar-refractivity contribution in [2.45, 2.75) is 20.8 Å². The number of aromatic nitrogens is 1. The standard InChI is InChI=1S/C15H21NO3Si/c1-4-17-20(18-5-2,19-6-3)14-11-13-9-7-8-10-15(13)16-12-14/h7-12H,4-6H2,1-3H3. The van der Waals surface area contributed by atoms with Crippen LogP contribution in [0.25, 0.3) is 10.9 Å². The molecule has 108 valence electrons. The molecule has 1 aromatic carbocycles. The SMILES string of the molecule is CCO[Si](OCC)(OCC)c1cnc2ccccc2c1. The van der Waals surface area contributed by atoms with E-state index in [0.717, 1.165) is 16.1 Å². The van der Waals surface area contributed by atoms with Gasteiger partial charge < -0.3 is 13.3 Å². The highest BCUT2D eigenvalue weighted by molar-refractivity contribution is 6.75. The number of hydrogen-bond acceptors (Lipinski definition) is 4. The van der Waals surface area contributed by atoms with Crippen molar-refractivity contribution in [2.24, 2.45) is 0 Å². The van der Waals surface area contributed by atoms with Gasteiger partial charge in [-0.3, -0.25) is 4.98 Å². The molecule has 0 N–H and O–H groups in total. The summed E-state index contributed by atoms with van der Waals surface area (Å²) in [6.07, 6.45) is 1.82. The quantitative estimate of drug-likeness (QED) is 0.735. The number of nitrogens with zero attached hydrogens (tertiary/aromatic N) is 1. The molecule has 0 saturated carbocycles. The highest BCUT2D eigenvalue weighted by Gasteiger charge is 2.43. The van der Waals surface area contributed by atoms with Crippen molar-refractivity contribution in [1.82, 2.24) is 4.98 Å². The Morgan fingerprint density at radius 1 is 0.950 bits per heavy atom. The molecule has 0 fully saturated rings. The predicted molar refractivity (Wildman–Crippen MR) is 82.0 cm³/mol. The molecule has 0 aliphatic carbocycles. The topological polar surface area (TPSA) is 40.6 Å². The van der Waals surface area contributed by atoms with E-state index in [9.17, 15) is 0 Å². The number of rotatable bonds is 7. The van der Waals surface area contributed by atoms with Gasteiger partial charge in [-0.25, -0.2) is 0 Å². The van der Waals surface area contributed by atoms with Crippen LogP contribution < -0.4 is 5.19 Å². The minimum Gasteiger partial charge on any atom is -0.370 e. The minimum absolute atomic E-state index is 0.555. The Morgan fingerprint density at radius 2 is 1.55 bits per heavy atom. The van der Waals surface area contributed by atoms with E-state index < -0.39 is 8.80 Å². The fourth-order valence-corrected chi connectivity index (χ4v) is 4.63. The average molecular weight is 291 g/mol. The third kappa shape index (κ3) is 3.07. The van der Waals surface area contributed by atoms with Crippen molar-refractivity contribution < 1.29 is 13.3 Å². The molecule has 0 atom stereocenters. The van der Waals surface area contributed by atoms with Gasteiger partial charge in [0.2, 0.25) is 0 Å². The molecule has 0 radical (unpaired) electrons. The Bertz CT molecular complexity index is 545. The van der Waals surface area contributed by atoms with E-state index in [4.69, 9.17) is 13.3 Å². The van der Waals surface area contributed by atoms with Gasteiger partial charge in [0.05, 0.1) is 5.52 Å². The maximum absolute atomic E-state index is 5.90. The van der Waals surface area contributed by atoms with Crippen molar-refractivity contribution in [2.75, 3.05) is 19.8 Å². The molecule has 0 aliphatic heterocycles. The molecule has 0 unspecified atom stereocenters. The first-order valence-corrected chi connectivity index (χ1v) is 8.75. The van der Waals surface area contributed by atoms with Crippen LogP contribution in [0.1, 0.15) is 20.8 Å². The zero-order valence-corrected chi connectivity index (χ0v) is 13.3. The van der Waals surface area contributed by atoms with E-state index in [2.05, 4.69) is 11.1 Å². The maximum Gasteiger partial charge on any atom is 0.538 e. The first kappa shape index (κ1) is 15.1. The lowest BCUT2D eigenvalue weighted by atomic mass is 10.2. The molecule has 0 spiro atoms. The van der Waals surface area contributed by atoms with Gasteiger partial charge in [0, 0.05) is 36.6 Å². The molecule has 20 heavy (non-hydrogen) atoms. The van der Waals surface area contributed by atoms with Crippen LogP contribution in [0.15, 0.2) is 36.5 Å². The summed E-state index contributed by atoms with van der Waals surface area (Å²) in [5.74, 6) is 0. The Kier molecular flexibility index (Phi) is 5.25. The van der Waals surface area contributed by atoms with E-state index in [1.165, 1.54) is 0 Å². The molecule has 0 aliphatic rings. The Labute approximate surface area is 121 Å². The van der Waals surface area contributed by atoms with Crippen molar-refractivity contribution in [1.29, 1.82) is 0 Å². The summed E-state index contributed by atoms with van der Waals surface area (Å²) < 4.78 is 17.7. The van der Waals surface area contributed by atoms with Crippen LogP contribution >= 0.6 is 0 Å². The van der Waals surface area contributed by atoms with Gasteiger partial charge in [0.25, 0.3) is 0 Å². The summed E-state index contributed by atoms with van der Waals surface area (Å²) >= 11 is 0. The highest BCUT2D eigenvalue weighted by atomic mass is 28.4. The summed E-state index contributed by atoms with van der Waals surface area (Å²) in [5, 5.41) is 1.99. The molecular weight excluding hydrogens is 270 g/mol. The zero-order chi connectivity index (χ0) is 14.4. The summed E-state index contributed by atoms with van der Waals surface area (Å²) in [6, 6.07) is 10.1. The van der Waals surface area contributed by atoms with Crippen LogP contribution in [0.5, 0.6) is 0 Å². The van der Waals surface area contributed by atoms with Crippen LogP contribution in [-0.4, -0.2) is 33.6 Å². The van der Waals surface area contributed by atoms with Crippen molar-refractivity contribution in [3.8, 4) is 0 Å². The van der Waals surface area contributed by atoms with E-state index >= 15 is 0 Å². The first-order valence-electron chi connectivity index (χ1n) is 7.02. The Morgan fingerprint density at radius 3 is 2.15 bits per heavy atom. The lowest BCUT2D eigenvalue weighted by molar-refractivity contribution is 0.0859.